The Bertz CT molecular complexity index is 560. The van der Waals surface area contributed by atoms with Gasteiger partial charge in [0.2, 0.25) is 0 Å². The molecule has 100 valence electrons. The van der Waals surface area contributed by atoms with E-state index in [1.807, 2.05) is 78.9 Å². The lowest BCUT2D eigenvalue weighted by Crippen LogP contribution is -1.75. The summed E-state index contributed by atoms with van der Waals surface area (Å²) in [5.74, 6) is 0. The first-order chi connectivity index (χ1) is 9.77. The molecule has 0 spiro atoms. The average molecular weight is 260 g/mol. The number of rotatable bonds is 4. The van der Waals surface area contributed by atoms with E-state index < -0.39 is 0 Å². The van der Waals surface area contributed by atoms with E-state index in [2.05, 4.69) is 19.7 Å². The van der Waals surface area contributed by atoms with Gasteiger partial charge in [-0.05, 0) is 16.7 Å². The first kappa shape index (κ1) is 15.5. The highest BCUT2D eigenvalue weighted by Crippen LogP contribution is 2.12. The zero-order valence-corrected chi connectivity index (χ0v) is 11.7. The normalized spacial score (nSPS) is 9.40. The summed E-state index contributed by atoms with van der Waals surface area (Å²) in [6, 6.07) is 20.1. The van der Waals surface area contributed by atoms with Crippen LogP contribution in [0.2, 0.25) is 0 Å². The monoisotopic (exact) mass is 260 g/mol. The Morgan fingerprint density at radius 2 is 1.35 bits per heavy atom. The fourth-order valence-electron chi connectivity index (χ4n) is 1.52. The van der Waals surface area contributed by atoms with Gasteiger partial charge in [0.15, 0.2) is 0 Å². The van der Waals surface area contributed by atoms with E-state index in [1.54, 1.807) is 6.08 Å². The average Bonchev–Trinajstić information content (AvgIpc) is 2.54. The van der Waals surface area contributed by atoms with Gasteiger partial charge in [0.25, 0.3) is 0 Å². The topological polar surface area (TPSA) is 0 Å². The maximum atomic E-state index is 3.93. The predicted molar refractivity (Wildman–Crippen MR) is 91.3 cm³/mol. The van der Waals surface area contributed by atoms with Crippen molar-refractivity contribution in [2.24, 2.45) is 0 Å². The zero-order chi connectivity index (χ0) is 14.6. The van der Waals surface area contributed by atoms with Crippen molar-refractivity contribution in [2.45, 2.75) is 0 Å². The molecule has 0 atom stereocenters. The number of hydrogen-bond donors (Lipinski definition) is 0. The van der Waals surface area contributed by atoms with E-state index in [-0.39, 0.29) is 0 Å². The molecule has 0 radical (unpaired) electrons. The van der Waals surface area contributed by atoms with E-state index in [0.717, 1.165) is 11.1 Å². The third kappa shape index (κ3) is 5.83. The van der Waals surface area contributed by atoms with Crippen molar-refractivity contribution >= 4 is 11.6 Å². The summed E-state index contributed by atoms with van der Waals surface area (Å²) < 4.78 is 0. The molecule has 20 heavy (non-hydrogen) atoms. The van der Waals surface area contributed by atoms with Crippen LogP contribution in [0, 0.1) is 0 Å². The minimum absolute atomic E-state index is 1.01. The SMILES string of the molecule is C=CC=CC(=C)c1ccccc1.C=Cc1ccccc1. The number of hydrogen-bond acceptors (Lipinski definition) is 0. The van der Waals surface area contributed by atoms with Crippen LogP contribution >= 0.6 is 0 Å². The van der Waals surface area contributed by atoms with Gasteiger partial charge in [-0.3, -0.25) is 0 Å². The van der Waals surface area contributed by atoms with E-state index in [0.29, 0.717) is 0 Å². The lowest BCUT2D eigenvalue weighted by atomic mass is 10.1. The van der Waals surface area contributed by atoms with Gasteiger partial charge in [0.05, 0.1) is 0 Å². The van der Waals surface area contributed by atoms with Crippen molar-refractivity contribution in [3.63, 3.8) is 0 Å². The molecule has 2 aromatic carbocycles. The maximum Gasteiger partial charge on any atom is -0.0190 e. The van der Waals surface area contributed by atoms with Crippen LogP contribution in [0.4, 0.5) is 0 Å². The lowest BCUT2D eigenvalue weighted by Gasteiger charge is -1.97. The molecule has 2 rings (SSSR count). The maximum absolute atomic E-state index is 3.93. The fourth-order valence-corrected chi connectivity index (χ4v) is 1.52. The third-order valence-corrected chi connectivity index (χ3v) is 2.61. The molecule has 0 aromatic heterocycles. The molecule has 0 nitrogen and oxygen atoms in total. The van der Waals surface area contributed by atoms with E-state index in [4.69, 9.17) is 0 Å². The Kier molecular flexibility index (Phi) is 7.22. The van der Waals surface area contributed by atoms with Crippen LogP contribution in [0.3, 0.4) is 0 Å². The Morgan fingerprint density at radius 3 is 1.80 bits per heavy atom. The molecule has 0 saturated heterocycles. The first-order valence-corrected chi connectivity index (χ1v) is 6.49. The summed E-state index contributed by atoms with van der Waals surface area (Å²) >= 11 is 0. The minimum Gasteiger partial charge on any atom is -0.0991 e. The Balaban J connectivity index is 0.000000217. The summed E-state index contributed by atoms with van der Waals surface area (Å²) in [7, 11) is 0. The molecule has 0 amide bonds. The van der Waals surface area contributed by atoms with Crippen molar-refractivity contribution in [2.75, 3.05) is 0 Å². The van der Waals surface area contributed by atoms with E-state index >= 15 is 0 Å². The van der Waals surface area contributed by atoms with Gasteiger partial charge in [0.1, 0.15) is 0 Å². The highest BCUT2D eigenvalue weighted by Gasteiger charge is 1.90. The molecule has 2 aromatic rings. The van der Waals surface area contributed by atoms with E-state index in [9.17, 15) is 0 Å². The second-order valence-corrected chi connectivity index (χ2v) is 4.10. The van der Waals surface area contributed by atoms with Crippen LogP contribution in [0.25, 0.3) is 11.6 Å². The molecule has 0 bridgehead atoms. The second-order valence-electron chi connectivity index (χ2n) is 4.10. The third-order valence-electron chi connectivity index (χ3n) is 2.61. The number of benzene rings is 2. The van der Waals surface area contributed by atoms with Crippen LogP contribution in [-0.4, -0.2) is 0 Å². The minimum atomic E-state index is 1.01. The summed E-state index contributed by atoms with van der Waals surface area (Å²) in [6.45, 7) is 11.2. The summed E-state index contributed by atoms with van der Waals surface area (Å²) in [4.78, 5) is 0. The molecule has 0 heteroatoms. The number of allylic oxidation sites excluding steroid dienone is 4. The van der Waals surface area contributed by atoms with Gasteiger partial charge >= 0.3 is 0 Å². The molecule has 0 aliphatic heterocycles. The van der Waals surface area contributed by atoms with Crippen molar-refractivity contribution in [1.82, 2.24) is 0 Å². The summed E-state index contributed by atoms with van der Waals surface area (Å²) in [5, 5.41) is 0. The van der Waals surface area contributed by atoms with Crippen LogP contribution in [0.1, 0.15) is 11.1 Å². The van der Waals surface area contributed by atoms with Crippen molar-refractivity contribution in [1.29, 1.82) is 0 Å². The highest BCUT2D eigenvalue weighted by molar-refractivity contribution is 5.71. The molecule has 0 fully saturated rings. The Morgan fingerprint density at radius 1 is 0.800 bits per heavy atom. The standard InChI is InChI=1S/C12H12.C8H8/c1-3-4-8-11(2)12-9-6-5-7-10-12;1-2-8-6-4-3-5-7-8/h3-10H,1-2H2;2-7H,1H2. The van der Waals surface area contributed by atoms with Gasteiger partial charge < -0.3 is 0 Å². The van der Waals surface area contributed by atoms with Gasteiger partial charge in [-0.1, -0.05) is 105 Å². The molecule has 0 heterocycles. The summed E-state index contributed by atoms with van der Waals surface area (Å²) in [5.41, 5.74) is 3.33. The first-order valence-electron chi connectivity index (χ1n) is 6.49. The smallest absolute Gasteiger partial charge is 0.0190 e. The van der Waals surface area contributed by atoms with Crippen molar-refractivity contribution in [3.8, 4) is 0 Å². The largest absolute Gasteiger partial charge is 0.0991 e. The molecule has 0 saturated carbocycles. The van der Waals surface area contributed by atoms with Crippen LogP contribution in [0.5, 0.6) is 0 Å². The molecule has 0 unspecified atom stereocenters. The molecule has 0 N–H and O–H groups in total. The predicted octanol–water partition coefficient (Wildman–Crippen LogP) is 5.77. The Hall–Kier alpha value is -2.60. The molecular weight excluding hydrogens is 240 g/mol. The molecule has 0 aliphatic rings. The lowest BCUT2D eigenvalue weighted by molar-refractivity contribution is 1.63. The van der Waals surface area contributed by atoms with Crippen LogP contribution in [0.15, 0.2) is 98.6 Å². The highest BCUT2D eigenvalue weighted by atomic mass is 13.9. The van der Waals surface area contributed by atoms with Crippen LogP contribution < -0.4 is 0 Å². The van der Waals surface area contributed by atoms with Gasteiger partial charge in [0, 0.05) is 0 Å². The molecular formula is C20H20. The van der Waals surface area contributed by atoms with E-state index in [1.165, 1.54) is 5.56 Å². The quantitative estimate of drug-likeness (QED) is 0.612. The van der Waals surface area contributed by atoms with Gasteiger partial charge in [-0.15, -0.1) is 0 Å². The van der Waals surface area contributed by atoms with Crippen molar-refractivity contribution < 1.29 is 0 Å². The second kappa shape index (κ2) is 9.35. The van der Waals surface area contributed by atoms with Gasteiger partial charge in [-0.25, -0.2) is 0 Å². The molecule has 0 aliphatic carbocycles. The fraction of sp³-hybridized carbons (Fsp3) is 0. The Labute approximate surface area is 122 Å². The van der Waals surface area contributed by atoms with Crippen LogP contribution in [-0.2, 0) is 0 Å². The summed E-state index contributed by atoms with van der Waals surface area (Å²) in [6.07, 6.45) is 7.41. The van der Waals surface area contributed by atoms with Crippen molar-refractivity contribution in [3.05, 3.63) is 110 Å². The zero-order valence-electron chi connectivity index (χ0n) is 11.7. The van der Waals surface area contributed by atoms with Gasteiger partial charge in [-0.2, -0.15) is 0 Å².